The Morgan fingerprint density at radius 2 is 2.43 bits per heavy atom. The normalized spacial score (nSPS) is 11.6. The average Bonchev–Trinajstić information content (AvgIpc) is 1.68. The fourth-order valence-electron chi connectivity index (χ4n) is 0.194. The Bertz CT molecular complexity index is 68.5. The molecule has 0 spiro atoms. The third kappa shape index (κ3) is 3.30. The minimum Gasteiger partial charge on any atom is -0.399 e. The molecule has 0 aliphatic rings. The number of nitrogens with zero attached hydrogens (tertiary/aromatic N) is 1. The van der Waals surface area contributed by atoms with E-state index in [1.54, 1.807) is 0 Å². The van der Waals surface area contributed by atoms with Gasteiger partial charge in [0.25, 0.3) is 0 Å². The van der Waals surface area contributed by atoms with Crippen LogP contribution in [0.15, 0.2) is 5.16 Å². The van der Waals surface area contributed by atoms with Crippen LogP contribution in [0.4, 0.5) is 0 Å². The molecule has 0 aliphatic heterocycles. The largest absolute Gasteiger partial charge is 0.399 e. The smallest absolute Gasteiger partial charge is 0.106 e. The molecule has 0 amide bonds. The summed E-state index contributed by atoms with van der Waals surface area (Å²) in [6.45, 7) is 5.55. The average molecular weight is 100 g/mol. The molecule has 0 bridgehead atoms. The highest BCUT2D eigenvalue weighted by atomic mass is 16.6. The molecular weight excluding hydrogens is 90.1 g/mol. The molecule has 0 saturated carbocycles. The molecule has 2 nitrogen and oxygen atoms in total. The standard InChI is InChI=1S/C5H10NO/c1-4-5(2)6-7-3/h2,4H2,1,3H3. The first kappa shape index (κ1) is 6.47. The van der Waals surface area contributed by atoms with Gasteiger partial charge in [-0.05, 0) is 13.3 Å². The van der Waals surface area contributed by atoms with Gasteiger partial charge in [-0.2, -0.15) is 0 Å². The summed E-state index contributed by atoms with van der Waals surface area (Å²) in [7, 11) is 1.51. The number of oxime groups is 1. The van der Waals surface area contributed by atoms with Crippen molar-refractivity contribution in [2.24, 2.45) is 5.16 Å². The lowest BCUT2D eigenvalue weighted by atomic mass is 10.3. The van der Waals surface area contributed by atoms with Gasteiger partial charge in [-0.25, -0.2) is 0 Å². The number of rotatable bonds is 2. The first-order valence-corrected chi connectivity index (χ1v) is 2.23. The summed E-state index contributed by atoms with van der Waals surface area (Å²) in [5, 5.41) is 3.55. The molecule has 7 heavy (non-hydrogen) atoms. The molecule has 0 atom stereocenters. The van der Waals surface area contributed by atoms with Crippen molar-refractivity contribution in [3.63, 3.8) is 0 Å². The van der Waals surface area contributed by atoms with Crippen LogP contribution in [-0.2, 0) is 4.84 Å². The van der Waals surface area contributed by atoms with Crippen molar-refractivity contribution in [1.82, 2.24) is 0 Å². The van der Waals surface area contributed by atoms with Crippen LogP contribution in [0.25, 0.3) is 0 Å². The van der Waals surface area contributed by atoms with Crippen molar-refractivity contribution in [3.8, 4) is 0 Å². The van der Waals surface area contributed by atoms with E-state index in [4.69, 9.17) is 0 Å². The lowest BCUT2D eigenvalue weighted by Gasteiger charge is -1.88. The molecule has 0 aromatic carbocycles. The van der Waals surface area contributed by atoms with Gasteiger partial charge < -0.3 is 4.84 Å². The van der Waals surface area contributed by atoms with Gasteiger partial charge in [0.05, 0.1) is 5.71 Å². The molecule has 0 N–H and O–H groups in total. The zero-order valence-corrected chi connectivity index (χ0v) is 4.77. The molecule has 0 saturated heterocycles. The molecule has 0 aromatic heterocycles. The molecule has 41 valence electrons. The van der Waals surface area contributed by atoms with E-state index in [1.807, 2.05) is 6.92 Å². The van der Waals surface area contributed by atoms with Crippen LogP contribution >= 0.6 is 0 Å². The van der Waals surface area contributed by atoms with E-state index < -0.39 is 0 Å². The number of hydrogen-bond donors (Lipinski definition) is 0. The SMILES string of the molecule is [CH2]C(CC)=NOC. The molecule has 0 aliphatic carbocycles. The Labute approximate surface area is 44.2 Å². The van der Waals surface area contributed by atoms with Crippen molar-refractivity contribution in [2.75, 3.05) is 7.11 Å². The number of hydrogen-bond acceptors (Lipinski definition) is 2. The lowest BCUT2D eigenvalue weighted by molar-refractivity contribution is 0.213. The molecule has 0 fully saturated rings. The Balaban J connectivity index is 3.29. The van der Waals surface area contributed by atoms with Crippen LogP contribution in [0.3, 0.4) is 0 Å². The minimum absolute atomic E-state index is 0.780. The minimum atomic E-state index is 0.780. The van der Waals surface area contributed by atoms with Crippen molar-refractivity contribution >= 4 is 5.71 Å². The van der Waals surface area contributed by atoms with Gasteiger partial charge in [0.1, 0.15) is 7.11 Å². The molecule has 0 rings (SSSR count). The third-order valence-electron chi connectivity index (χ3n) is 0.629. The van der Waals surface area contributed by atoms with Crippen LogP contribution in [0, 0.1) is 6.92 Å². The summed E-state index contributed by atoms with van der Waals surface area (Å²) in [4.78, 5) is 4.42. The van der Waals surface area contributed by atoms with E-state index in [0.29, 0.717) is 0 Å². The zero-order chi connectivity index (χ0) is 5.70. The fraction of sp³-hybridized carbons (Fsp3) is 0.600. The molecule has 1 radical (unpaired) electrons. The highest BCUT2D eigenvalue weighted by Crippen LogP contribution is 1.81. The van der Waals surface area contributed by atoms with E-state index >= 15 is 0 Å². The van der Waals surface area contributed by atoms with Crippen LogP contribution < -0.4 is 0 Å². The van der Waals surface area contributed by atoms with Crippen molar-refractivity contribution in [3.05, 3.63) is 6.92 Å². The van der Waals surface area contributed by atoms with Crippen molar-refractivity contribution < 1.29 is 4.84 Å². The van der Waals surface area contributed by atoms with E-state index in [9.17, 15) is 0 Å². The van der Waals surface area contributed by atoms with Crippen molar-refractivity contribution in [2.45, 2.75) is 13.3 Å². The monoisotopic (exact) mass is 100 g/mol. The first-order chi connectivity index (χ1) is 3.31. The van der Waals surface area contributed by atoms with Crippen molar-refractivity contribution in [1.29, 1.82) is 0 Å². The molecule has 0 unspecified atom stereocenters. The van der Waals surface area contributed by atoms with Crippen LogP contribution in [0.2, 0.25) is 0 Å². The van der Waals surface area contributed by atoms with Gasteiger partial charge in [0.2, 0.25) is 0 Å². The maximum atomic E-state index is 4.42. The van der Waals surface area contributed by atoms with Gasteiger partial charge in [0.15, 0.2) is 0 Å². The second-order valence-corrected chi connectivity index (χ2v) is 1.19. The van der Waals surface area contributed by atoms with Gasteiger partial charge in [-0.1, -0.05) is 12.1 Å². The summed E-state index contributed by atoms with van der Waals surface area (Å²) < 4.78 is 0. The molecule has 0 heterocycles. The predicted molar refractivity (Wildman–Crippen MR) is 30.1 cm³/mol. The fourth-order valence-corrected chi connectivity index (χ4v) is 0.194. The lowest BCUT2D eigenvalue weighted by Crippen LogP contribution is -1.86. The third-order valence-corrected chi connectivity index (χ3v) is 0.629. The summed E-state index contributed by atoms with van der Waals surface area (Å²) in [5.74, 6) is 0. The summed E-state index contributed by atoms with van der Waals surface area (Å²) in [6, 6.07) is 0. The Kier molecular flexibility index (Phi) is 3.38. The van der Waals surface area contributed by atoms with E-state index in [1.165, 1.54) is 7.11 Å². The topological polar surface area (TPSA) is 21.6 Å². The molecular formula is C5H10NO. The summed E-state index contributed by atoms with van der Waals surface area (Å²) in [6.07, 6.45) is 0.855. The Morgan fingerprint density at radius 3 is 2.57 bits per heavy atom. The Morgan fingerprint density at radius 1 is 1.86 bits per heavy atom. The predicted octanol–water partition coefficient (Wildman–Crippen LogP) is 1.23. The van der Waals surface area contributed by atoms with Crippen LogP contribution in [0.1, 0.15) is 13.3 Å². The van der Waals surface area contributed by atoms with Gasteiger partial charge in [-0.3, -0.25) is 0 Å². The highest BCUT2D eigenvalue weighted by molar-refractivity contribution is 5.87. The highest BCUT2D eigenvalue weighted by Gasteiger charge is 1.80. The Hall–Kier alpha value is -0.530. The molecule has 0 aromatic rings. The second kappa shape index (κ2) is 3.65. The van der Waals surface area contributed by atoms with Gasteiger partial charge in [0, 0.05) is 0 Å². The second-order valence-electron chi connectivity index (χ2n) is 1.19. The van der Waals surface area contributed by atoms with E-state index in [0.717, 1.165) is 12.1 Å². The van der Waals surface area contributed by atoms with E-state index in [-0.39, 0.29) is 0 Å². The maximum absolute atomic E-state index is 4.42. The van der Waals surface area contributed by atoms with E-state index in [2.05, 4.69) is 16.9 Å². The van der Waals surface area contributed by atoms with Gasteiger partial charge >= 0.3 is 0 Å². The van der Waals surface area contributed by atoms with Crippen LogP contribution in [0.5, 0.6) is 0 Å². The molecule has 2 heteroatoms. The zero-order valence-electron chi connectivity index (χ0n) is 4.77. The summed E-state index contributed by atoms with van der Waals surface area (Å²) >= 11 is 0. The van der Waals surface area contributed by atoms with Crippen LogP contribution in [-0.4, -0.2) is 12.8 Å². The quantitative estimate of drug-likeness (QED) is 0.378. The summed E-state index contributed by atoms with van der Waals surface area (Å²) in [5.41, 5.74) is 0.780. The first-order valence-electron chi connectivity index (χ1n) is 2.23. The maximum Gasteiger partial charge on any atom is 0.106 e. The van der Waals surface area contributed by atoms with Gasteiger partial charge in [-0.15, -0.1) is 0 Å².